The number of carbonyl (C=O) groups excluding carboxylic acids is 2. The first-order chi connectivity index (χ1) is 13.1. The van der Waals surface area contributed by atoms with Crippen LogP contribution in [-0.4, -0.2) is 33.2 Å². The second-order valence-electron chi connectivity index (χ2n) is 8.08. The fourth-order valence-corrected chi connectivity index (χ4v) is 7.56. The summed E-state index contributed by atoms with van der Waals surface area (Å²) in [5.41, 5.74) is 4.06. The fraction of sp³-hybridized carbons (Fsp3) is 0.478. The van der Waals surface area contributed by atoms with Crippen LogP contribution in [0.4, 0.5) is 0 Å². The lowest BCUT2D eigenvalue weighted by molar-refractivity contribution is -0.143. The number of aryl methyl sites for hydroxylation is 3. The van der Waals surface area contributed by atoms with E-state index in [0.717, 1.165) is 31.0 Å². The van der Waals surface area contributed by atoms with Crippen LogP contribution in [0.25, 0.3) is 0 Å². The molecule has 28 heavy (non-hydrogen) atoms. The molecule has 0 radical (unpaired) electrons. The van der Waals surface area contributed by atoms with Gasteiger partial charge in [-0.15, -0.1) is 0 Å². The minimum atomic E-state index is -1.61. The van der Waals surface area contributed by atoms with Crippen molar-refractivity contribution in [3.8, 4) is 0 Å². The first kappa shape index (κ1) is 23.9. The smallest absolute Gasteiger partial charge is 0.330 e. The van der Waals surface area contributed by atoms with Gasteiger partial charge in [0.05, 0.1) is 21.3 Å². The van der Waals surface area contributed by atoms with Gasteiger partial charge in [-0.2, -0.15) is 0 Å². The number of hydrogen-bond acceptors (Lipinski definition) is 4. The third-order valence-electron chi connectivity index (χ3n) is 5.02. The second-order valence-corrected chi connectivity index (χ2v) is 12.9. The van der Waals surface area contributed by atoms with Crippen molar-refractivity contribution in [2.24, 2.45) is 5.92 Å². The molecule has 0 N–H and O–H groups in total. The van der Waals surface area contributed by atoms with Crippen LogP contribution in [0.5, 0.6) is 0 Å². The molecule has 5 heteroatoms. The van der Waals surface area contributed by atoms with E-state index in [4.69, 9.17) is 9.47 Å². The van der Waals surface area contributed by atoms with Crippen LogP contribution in [0.15, 0.2) is 37.4 Å². The van der Waals surface area contributed by atoms with Gasteiger partial charge in [-0.1, -0.05) is 72.7 Å². The Morgan fingerprint density at radius 1 is 1.00 bits per heavy atom. The van der Waals surface area contributed by atoms with Crippen molar-refractivity contribution in [3.63, 3.8) is 0 Å². The maximum Gasteiger partial charge on any atom is 0.330 e. The molecule has 1 aromatic carbocycles. The van der Waals surface area contributed by atoms with Gasteiger partial charge in [0.25, 0.3) is 0 Å². The van der Waals surface area contributed by atoms with Crippen LogP contribution in [0.3, 0.4) is 0 Å². The highest BCUT2D eigenvalue weighted by Gasteiger charge is 2.27. The van der Waals surface area contributed by atoms with Crippen molar-refractivity contribution in [2.45, 2.75) is 52.8 Å². The number of rotatable bonds is 11. The standard InChI is InChI=1S/C23H34O4Si/c1-8-21(24)26-15-20(16-27-22(25)9-2)11-10-12-28(6,7)23-18(4)13-17(3)14-19(23)5/h8-9,13-14,20H,1-2,10-12,15-16H2,3-7H3. The summed E-state index contributed by atoms with van der Waals surface area (Å²) >= 11 is 0. The molecule has 154 valence electrons. The molecule has 0 amide bonds. The van der Waals surface area contributed by atoms with Gasteiger partial charge >= 0.3 is 11.9 Å². The Balaban J connectivity index is 2.74. The molecular weight excluding hydrogens is 368 g/mol. The zero-order chi connectivity index (χ0) is 21.3. The van der Waals surface area contributed by atoms with E-state index in [-0.39, 0.29) is 19.1 Å². The van der Waals surface area contributed by atoms with Crippen molar-refractivity contribution < 1.29 is 19.1 Å². The molecule has 0 atom stereocenters. The molecule has 0 saturated heterocycles. The van der Waals surface area contributed by atoms with Crippen molar-refractivity contribution in [1.29, 1.82) is 0 Å². The number of ether oxygens (including phenoxy) is 2. The SMILES string of the molecule is C=CC(=O)OCC(CCC[Si](C)(C)c1c(C)cc(C)cc1C)COC(=O)C=C. The highest BCUT2D eigenvalue weighted by molar-refractivity contribution is 6.90. The molecule has 0 heterocycles. The molecule has 1 aromatic rings. The van der Waals surface area contributed by atoms with Crippen molar-refractivity contribution >= 4 is 25.2 Å². The van der Waals surface area contributed by atoms with Crippen LogP contribution >= 0.6 is 0 Å². The fourth-order valence-electron chi connectivity index (χ4n) is 3.94. The lowest BCUT2D eigenvalue weighted by Gasteiger charge is -2.28. The molecule has 0 fully saturated rings. The summed E-state index contributed by atoms with van der Waals surface area (Å²) in [7, 11) is -1.61. The van der Waals surface area contributed by atoms with E-state index in [1.54, 1.807) is 0 Å². The summed E-state index contributed by atoms with van der Waals surface area (Å²) in [4.78, 5) is 22.7. The highest BCUT2D eigenvalue weighted by atomic mass is 28.3. The van der Waals surface area contributed by atoms with E-state index >= 15 is 0 Å². The average molecular weight is 403 g/mol. The van der Waals surface area contributed by atoms with Crippen LogP contribution in [0, 0.1) is 26.7 Å². The summed E-state index contributed by atoms with van der Waals surface area (Å²) < 4.78 is 10.4. The van der Waals surface area contributed by atoms with Crippen molar-refractivity contribution in [3.05, 3.63) is 54.1 Å². The van der Waals surface area contributed by atoms with Crippen molar-refractivity contribution in [1.82, 2.24) is 0 Å². The Bertz CT molecular complexity index is 674. The molecular formula is C23H34O4Si. The molecule has 0 aliphatic heterocycles. The Hall–Kier alpha value is -2.14. The zero-order valence-corrected chi connectivity index (χ0v) is 19.0. The Labute approximate surface area is 170 Å². The van der Waals surface area contributed by atoms with Gasteiger partial charge in [0.2, 0.25) is 0 Å². The average Bonchev–Trinajstić information content (AvgIpc) is 2.61. The molecule has 0 spiro atoms. The molecule has 0 bridgehead atoms. The van der Waals surface area contributed by atoms with E-state index in [9.17, 15) is 9.59 Å². The van der Waals surface area contributed by atoms with Gasteiger partial charge in [-0.25, -0.2) is 9.59 Å². The number of hydrogen-bond donors (Lipinski definition) is 0. The van der Waals surface area contributed by atoms with Gasteiger partial charge in [0.1, 0.15) is 0 Å². The lowest BCUT2D eigenvalue weighted by Crippen LogP contribution is -2.44. The summed E-state index contributed by atoms with van der Waals surface area (Å²) in [6.45, 7) is 18.6. The Kier molecular flexibility index (Phi) is 9.39. The molecule has 4 nitrogen and oxygen atoms in total. The largest absolute Gasteiger partial charge is 0.462 e. The molecule has 1 rings (SSSR count). The summed E-state index contributed by atoms with van der Waals surface area (Å²) in [5.74, 6) is -0.945. The predicted octanol–water partition coefficient (Wildman–Crippen LogP) is 4.38. The third kappa shape index (κ3) is 7.47. The second kappa shape index (κ2) is 11.0. The van der Waals surface area contributed by atoms with E-state index in [1.807, 2.05) is 0 Å². The highest BCUT2D eigenvalue weighted by Crippen LogP contribution is 2.21. The number of benzene rings is 1. The van der Waals surface area contributed by atoms with Gasteiger partial charge in [0.15, 0.2) is 0 Å². The van der Waals surface area contributed by atoms with Gasteiger partial charge in [-0.05, 0) is 27.2 Å². The van der Waals surface area contributed by atoms with Crippen LogP contribution in [-0.2, 0) is 19.1 Å². The minimum Gasteiger partial charge on any atom is -0.462 e. The van der Waals surface area contributed by atoms with Crippen LogP contribution < -0.4 is 5.19 Å². The minimum absolute atomic E-state index is 0.0298. The zero-order valence-electron chi connectivity index (χ0n) is 18.0. The Morgan fingerprint density at radius 2 is 1.46 bits per heavy atom. The predicted molar refractivity (Wildman–Crippen MR) is 118 cm³/mol. The number of esters is 2. The molecule has 0 aromatic heterocycles. The van der Waals surface area contributed by atoms with Crippen LogP contribution in [0.1, 0.15) is 29.5 Å². The monoisotopic (exact) mass is 402 g/mol. The van der Waals surface area contributed by atoms with E-state index < -0.39 is 20.0 Å². The van der Waals surface area contributed by atoms with Crippen LogP contribution in [0.2, 0.25) is 19.1 Å². The molecule has 0 saturated carbocycles. The number of carbonyl (C=O) groups is 2. The van der Waals surface area contributed by atoms with E-state index in [0.29, 0.717) is 0 Å². The first-order valence-electron chi connectivity index (χ1n) is 9.77. The first-order valence-corrected chi connectivity index (χ1v) is 13.0. The Morgan fingerprint density at radius 3 is 1.89 bits per heavy atom. The summed E-state index contributed by atoms with van der Waals surface area (Å²) in [6, 6.07) is 5.66. The summed E-state index contributed by atoms with van der Waals surface area (Å²) in [5, 5.41) is 1.53. The molecule has 0 unspecified atom stereocenters. The quantitative estimate of drug-likeness (QED) is 0.313. The normalized spacial score (nSPS) is 11.2. The van der Waals surface area contributed by atoms with Gasteiger partial charge in [-0.3, -0.25) is 0 Å². The van der Waals surface area contributed by atoms with Crippen molar-refractivity contribution in [2.75, 3.05) is 13.2 Å². The van der Waals surface area contributed by atoms with Gasteiger partial charge in [0, 0.05) is 18.1 Å². The summed E-state index contributed by atoms with van der Waals surface area (Å²) in [6.07, 6.45) is 4.11. The van der Waals surface area contributed by atoms with Gasteiger partial charge < -0.3 is 9.47 Å². The third-order valence-corrected chi connectivity index (χ3v) is 8.77. The van der Waals surface area contributed by atoms with E-state index in [2.05, 4.69) is 59.2 Å². The maximum atomic E-state index is 11.4. The molecule has 0 aliphatic rings. The maximum absolute atomic E-state index is 11.4. The topological polar surface area (TPSA) is 52.6 Å². The lowest BCUT2D eigenvalue weighted by atomic mass is 10.1. The molecule has 0 aliphatic carbocycles. The van der Waals surface area contributed by atoms with E-state index in [1.165, 1.54) is 21.9 Å².